The molecule has 23 heavy (non-hydrogen) atoms. The molecule has 0 aromatic heterocycles. The molecule has 0 unspecified atom stereocenters. The molecule has 1 aromatic carbocycles. The molecule has 4 aliphatic carbocycles. The van der Waals surface area contributed by atoms with Crippen molar-refractivity contribution in [2.24, 2.45) is 17.8 Å². The number of carbonyl (C=O) groups is 1. The molecule has 1 amide bonds. The highest BCUT2D eigenvalue weighted by Crippen LogP contribution is 2.55. The number of benzene rings is 1. The third-order valence-electron chi connectivity index (χ3n) is 6.05. The summed E-state index contributed by atoms with van der Waals surface area (Å²) in [5.41, 5.74) is 0.974. The minimum Gasteiger partial charge on any atom is -0.325 e. The molecule has 0 spiro atoms. The summed E-state index contributed by atoms with van der Waals surface area (Å²) < 4.78 is 0. The SMILES string of the molecule is C[C@H](NC12CC3CC(CC(C3)C1)C2)C(=O)Nc1cccc(Cl)c1. The predicted molar refractivity (Wildman–Crippen MR) is 93.6 cm³/mol. The molecule has 0 aliphatic heterocycles. The van der Waals surface area contributed by atoms with Crippen LogP contribution < -0.4 is 10.6 Å². The van der Waals surface area contributed by atoms with Crippen molar-refractivity contribution in [1.29, 1.82) is 0 Å². The maximum Gasteiger partial charge on any atom is 0.241 e. The van der Waals surface area contributed by atoms with Gasteiger partial charge in [-0.25, -0.2) is 0 Å². The van der Waals surface area contributed by atoms with E-state index in [1.54, 1.807) is 6.07 Å². The number of nitrogens with one attached hydrogen (secondary N) is 2. The van der Waals surface area contributed by atoms with Gasteiger partial charge in [0.1, 0.15) is 0 Å². The zero-order chi connectivity index (χ0) is 16.0. The van der Waals surface area contributed by atoms with Crippen molar-refractivity contribution in [3.05, 3.63) is 29.3 Å². The molecular weight excluding hydrogens is 308 g/mol. The standard InChI is InChI=1S/C19H25ClN2O/c1-12(18(23)21-17-4-2-3-16(20)8-17)22-19-9-13-5-14(10-19)7-15(6-13)11-19/h2-4,8,12-15,22H,5-7,9-11H2,1H3,(H,21,23)/t12-,13?,14?,15?,19?/m0/s1. The van der Waals surface area contributed by atoms with Gasteiger partial charge in [0.05, 0.1) is 6.04 Å². The summed E-state index contributed by atoms with van der Waals surface area (Å²) in [5.74, 6) is 2.69. The number of halogens is 1. The fraction of sp³-hybridized carbons (Fsp3) is 0.632. The lowest BCUT2D eigenvalue weighted by Crippen LogP contribution is -2.62. The lowest BCUT2D eigenvalue weighted by atomic mass is 9.53. The topological polar surface area (TPSA) is 41.1 Å². The van der Waals surface area contributed by atoms with Gasteiger partial charge < -0.3 is 10.6 Å². The average molecular weight is 333 g/mol. The summed E-state index contributed by atoms with van der Waals surface area (Å²) in [6.07, 6.45) is 8.04. The molecule has 1 atom stereocenters. The van der Waals surface area contributed by atoms with Gasteiger partial charge in [-0.1, -0.05) is 17.7 Å². The maximum absolute atomic E-state index is 12.5. The molecular formula is C19H25ClN2O. The Morgan fingerprint density at radius 3 is 2.35 bits per heavy atom. The quantitative estimate of drug-likeness (QED) is 0.866. The Morgan fingerprint density at radius 1 is 1.17 bits per heavy atom. The Balaban J connectivity index is 1.41. The molecule has 4 heteroatoms. The summed E-state index contributed by atoms with van der Waals surface area (Å²) >= 11 is 5.99. The van der Waals surface area contributed by atoms with E-state index >= 15 is 0 Å². The van der Waals surface area contributed by atoms with E-state index in [-0.39, 0.29) is 17.5 Å². The minimum absolute atomic E-state index is 0.0306. The van der Waals surface area contributed by atoms with Crippen LogP contribution in [0.5, 0.6) is 0 Å². The van der Waals surface area contributed by atoms with Crippen LogP contribution in [0.1, 0.15) is 45.4 Å². The van der Waals surface area contributed by atoms with Crippen molar-refractivity contribution < 1.29 is 4.79 Å². The third kappa shape index (κ3) is 3.14. The van der Waals surface area contributed by atoms with Gasteiger partial charge in [0.2, 0.25) is 5.91 Å². The monoisotopic (exact) mass is 332 g/mol. The summed E-state index contributed by atoms with van der Waals surface area (Å²) in [4.78, 5) is 12.5. The highest BCUT2D eigenvalue weighted by atomic mass is 35.5. The highest BCUT2D eigenvalue weighted by molar-refractivity contribution is 6.30. The summed E-state index contributed by atoms with van der Waals surface area (Å²) in [6.45, 7) is 1.98. The summed E-state index contributed by atoms with van der Waals surface area (Å²) in [6, 6.07) is 7.16. The first-order valence-electron chi connectivity index (χ1n) is 8.85. The van der Waals surface area contributed by atoms with Crippen LogP contribution in [0.2, 0.25) is 5.02 Å². The number of rotatable bonds is 4. The molecule has 4 bridgehead atoms. The Bertz CT molecular complexity index is 580. The van der Waals surface area contributed by atoms with E-state index in [4.69, 9.17) is 11.6 Å². The number of amides is 1. The number of carbonyl (C=O) groups excluding carboxylic acids is 1. The highest BCUT2D eigenvalue weighted by Gasteiger charge is 2.51. The molecule has 0 radical (unpaired) electrons. The fourth-order valence-corrected chi connectivity index (χ4v) is 5.82. The first-order chi connectivity index (χ1) is 11.0. The van der Waals surface area contributed by atoms with Crippen molar-refractivity contribution in [1.82, 2.24) is 5.32 Å². The molecule has 124 valence electrons. The van der Waals surface area contributed by atoms with Crippen molar-refractivity contribution in [3.8, 4) is 0 Å². The second-order valence-corrected chi connectivity index (χ2v) is 8.50. The lowest BCUT2D eigenvalue weighted by Gasteiger charge is -2.57. The second kappa shape index (κ2) is 5.78. The Kier molecular flexibility index (Phi) is 3.89. The maximum atomic E-state index is 12.5. The smallest absolute Gasteiger partial charge is 0.241 e. The van der Waals surface area contributed by atoms with Gasteiger partial charge in [-0.15, -0.1) is 0 Å². The number of hydrogen-bond acceptors (Lipinski definition) is 2. The van der Waals surface area contributed by atoms with Crippen LogP contribution in [0.4, 0.5) is 5.69 Å². The number of anilines is 1. The molecule has 2 N–H and O–H groups in total. The van der Waals surface area contributed by atoms with Crippen molar-refractivity contribution in [2.75, 3.05) is 5.32 Å². The molecule has 4 aliphatic rings. The molecule has 1 aromatic rings. The van der Waals surface area contributed by atoms with Crippen LogP contribution >= 0.6 is 11.6 Å². The predicted octanol–water partition coefficient (Wildman–Crippen LogP) is 4.23. The van der Waals surface area contributed by atoms with Crippen LogP contribution in [0.15, 0.2) is 24.3 Å². The van der Waals surface area contributed by atoms with E-state index in [1.165, 1.54) is 38.5 Å². The molecule has 4 fully saturated rings. The van der Waals surface area contributed by atoms with Crippen LogP contribution in [-0.4, -0.2) is 17.5 Å². The van der Waals surface area contributed by atoms with E-state index < -0.39 is 0 Å². The van der Waals surface area contributed by atoms with Gasteiger partial charge in [0.15, 0.2) is 0 Å². The third-order valence-corrected chi connectivity index (χ3v) is 6.28. The second-order valence-electron chi connectivity index (χ2n) is 8.06. The first kappa shape index (κ1) is 15.5. The lowest BCUT2D eigenvalue weighted by molar-refractivity contribution is -0.119. The summed E-state index contributed by atoms with van der Waals surface area (Å²) in [7, 11) is 0. The van der Waals surface area contributed by atoms with E-state index in [0.29, 0.717) is 5.02 Å². The Hall–Kier alpha value is -1.06. The van der Waals surface area contributed by atoms with E-state index in [2.05, 4.69) is 10.6 Å². The Labute approximate surface area is 143 Å². The normalized spacial score (nSPS) is 36.0. The molecule has 0 saturated heterocycles. The van der Waals surface area contributed by atoms with Gasteiger partial charge >= 0.3 is 0 Å². The van der Waals surface area contributed by atoms with Gasteiger partial charge in [-0.2, -0.15) is 0 Å². The van der Waals surface area contributed by atoms with E-state index in [9.17, 15) is 4.79 Å². The Morgan fingerprint density at radius 2 is 1.78 bits per heavy atom. The molecule has 0 heterocycles. The molecule has 4 saturated carbocycles. The average Bonchev–Trinajstić information content (AvgIpc) is 2.45. The van der Waals surface area contributed by atoms with E-state index in [0.717, 1.165) is 23.4 Å². The minimum atomic E-state index is -0.176. The van der Waals surface area contributed by atoms with Crippen LogP contribution in [0.3, 0.4) is 0 Å². The zero-order valence-electron chi connectivity index (χ0n) is 13.6. The van der Waals surface area contributed by atoms with Crippen LogP contribution in [0, 0.1) is 17.8 Å². The number of hydrogen-bond donors (Lipinski definition) is 2. The van der Waals surface area contributed by atoms with E-state index in [1.807, 2.05) is 25.1 Å². The summed E-state index contributed by atoms with van der Waals surface area (Å²) in [5, 5.41) is 7.34. The van der Waals surface area contributed by atoms with Gasteiger partial charge in [-0.05, 0) is 81.4 Å². The van der Waals surface area contributed by atoms with Crippen molar-refractivity contribution in [3.63, 3.8) is 0 Å². The fourth-order valence-electron chi connectivity index (χ4n) is 5.63. The van der Waals surface area contributed by atoms with Gasteiger partial charge in [-0.3, -0.25) is 4.79 Å². The zero-order valence-corrected chi connectivity index (χ0v) is 14.4. The van der Waals surface area contributed by atoms with Gasteiger partial charge in [0.25, 0.3) is 0 Å². The van der Waals surface area contributed by atoms with Crippen molar-refractivity contribution >= 4 is 23.2 Å². The molecule has 3 nitrogen and oxygen atoms in total. The molecule has 5 rings (SSSR count). The van der Waals surface area contributed by atoms with Crippen molar-refractivity contribution in [2.45, 2.75) is 57.0 Å². The van der Waals surface area contributed by atoms with Gasteiger partial charge in [0, 0.05) is 16.2 Å². The van der Waals surface area contributed by atoms with Crippen LogP contribution in [-0.2, 0) is 4.79 Å². The van der Waals surface area contributed by atoms with Crippen LogP contribution in [0.25, 0.3) is 0 Å². The largest absolute Gasteiger partial charge is 0.325 e. The first-order valence-corrected chi connectivity index (χ1v) is 9.23.